The monoisotopic (exact) mass is 396 g/mol. The van der Waals surface area contributed by atoms with Crippen molar-refractivity contribution in [2.45, 2.75) is 52.1 Å². The van der Waals surface area contributed by atoms with E-state index >= 15 is 0 Å². The molecule has 0 aromatic carbocycles. The second kappa shape index (κ2) is 7.09. The van der Waals surface area contributed by atoms with Crippen LogP contribution in [0.15, 0.2) is 6.07 Å². The van der Waals surface area contributed by atoms with Crippen LogP contribution in [0.1, 0.15) is 46.2 Å². The van der Waals surface area contributed by atoms with Gasteiger partial charge >= 0.3 is 6.09 Å². The Hall–Kier alpha value is -1.60. The number of hydrogen-bond donors (Lipinski definition) is 1. The maximum atomic E-state index is 11.9. The third-order valence-electron chi connectivity index (χ3n) is 6.07. The van der Waals surface area contributed by atoms with E-state index < -0.39 is 11.6 Å². The van der Waals surface area contributed by atoms with Crippen molar-refractivity contribution in [2.24, 2.45) is 11.3 Å². The normalized spacial score (nSPS) is 28.6. The van der Waals surface area contributed by atoms with Crippen molar-refractivity contribution in [2.75, 3.05) is 31.7 Å². The SMILES string of the molecule is CC1COCCN1c1nc(Cl)cc([C@]2(N(C)C(=O)O)CCC2C(C)(C)C)n1. The number of amides is 1. The fraction of sp³-hybridized carbons (Fsp3) is 0.737. The minimum Gasteiger partial charge on any atom is -0.465 e. The fourth-order valence-electron chi connectivity index (χ4n) is 4.54. The van der Waals surface area contributed by atoms with Crippen molar-refractivity contribution in [3.8, 4) is 0 Å². The third kappa shape index (κ3) is 3.47. The lowest BCUT2D eigenvalue weighted by Gasteiger charge is -2.58. The second-order valence-corrected chi connectivity index (χ2v) is 9.10. The topological polar surface area (TPSA) is 78.8 Å². The largest absolute Gasteiger partial charge is 0.465 e. The number of anilines is 1. The first-order chi connectivity index (χ1) is 12.6. The molecule has 2 heterocycles. The second-order valence-electron chi connectivity index (χ2n) is 8.72. The molecule has 3 atom stereocenters. The van der Waals surface area contributed by atoms with Gasteiger partial charge < -0.3 is 14.7 Å². The van der Waals surface area contributed by atoms with Gasteiger partial charge in [-0.25, -0.2) is 14.8 Å². The first-order valence-corrected chi connectivity index (χ1v) is 9.81. The number of aromatic nitrogens is 2. The maximum Gasteiger partial charge on any atom is 0.407 e. The maximum absolute atomic E-state index is 11.9. The number of rotatable bonds is 3. The first-order valence-electron chi connectivity index (χ1n) is 9.43. The standard InChI is InChI=1S/C19H29ClN4O3/c1-12-11-27-9-8-24(12)16-21-14(10-15(20)22-16)19(23(5)17(25)26)7-6-13(19)18(2,3)4/h10,12-13H,6-9,11H2,1-5H3,(H,25,26)/t12?,13?,19-/m0/s1. The molecule has 2 aliphatic rings. The van der Waals surface area contributed by atoms with E-state index in [1.807, 2.05) is 0 Å². The number of carbonyl (C=O) groups is 1. The summed E-state index contributed by atoms with van der Waals surface area (Å²) in [6, 6.07) is 1.87. The zero-order chi connectivity index (χ0) is 20.0. The van der Waals surface area contributed by atoms with Crippen LogP contribution in [-0.4, -0.2) is 58.9 Å². The van der Waals surface area contributed by atoms with Crippen LogP contribution in [-0.2, 0) is 10.3 Å². The molecule has 3 rings (SSSR count). The van der Waals surface area contributed by atoms with Gasteiger partial charge in [-0.15, -0.1) is 0 Å². The Bertz CT molecular complexity index is 723. The molecule has 1 amide bonds. The summed E-state index contributed by atoms with van der Waals surface area (Å²) in [6.07, 6.45) is 0.717. The van der Waals surface area contributed by atoms with Gasteiger partial charge in [0.2, 0.25) is 5.95 Å². The van der Waals surface area contributed by atoms with Crippen molar-refractivity contribution >= 4 is 23.6 Å². The summed E-state index contributed by atoms with van der Waals surface area (Å²) in [7, 11) is 1.63. The molecule has 0 radical (unpaired) electrons. The van der Waals surface area contributed by atoms with Crippen LogP contribution in [0.4, 0.5) is 10.7 Å². The quantitative estimate of drug-likeness (QED) is 0.786. The van der Waals surface area contributed by atoms with E-state index in [0.29, 0.717) is 36.6 Å². The Morgan fingerprint density at radius 3 is 2.67 bits per heavy atom. The average Bonchev–Trinajstić information content (AvgIpc) is 2.52. The summed E-state index contributed by atoms with van der Waals surface area (Å²) in [5.74, 6) is 0.693. The molecule has 1 aliphatic carbocycles. The van der Waals surface area contributed by atoms with E-state index in [1.165, 1.54) is 4.90 Å². The van der Waals surface area contributed by atoms with Gasteiger partial charge in [-0.2, -0.15) is 0 Å². The van der Waals surface area contributed by atoms with Gasteiger partial charge in [-0.3, -0.25) is 4.90 Å². The first kappa shape index (κ1) is 20.1. The Labute approximate surface area is 165 Å². The Morgan fingerprint density at radius 1 is 1.44 bits per heavy atom. The number of nitrogens with zero attached hydrogens (tertiary/aromatic N) is 4. The van der Waals surface area contributed by atoms with Crippen LogP contribution in [0.3, 0.4) is 0 Å². The lowest BCUT2D eigenvalue weighted by Crippen LogP contribution is -2.61. The van der Waals surface area contributed by atoms with Gasteiger partial charge in [0.15, 0.2) is 0 Å². The van der Waals surface area contributed by atoms with Crippen molar-refractivity contribution in [3.05, 3.63) is 16.9 Å². The van der Waals surface area contributed by atoms with E-state index in [2.05, 4.69) is 37.6 Å². The molecule has 1 N–H and O–H groups in total. The van der Waals surface area contributed by atoms with Crippen molar-refractivity contribution < 1.29 is 14.6 Å². The number of ether oxygens (including phenoxy) is 1. The van der Waals surface area contributed by atoms with Gasteiger partial charge in [-0.1, -0.05) is 32.4 Å². The Kier molecular flexibility index (Phi) is 5.29. The highest BCUT2D eigenvalue weighted by Gasteiger charge is 2.58. The smallest absolute Gasteiger partial charge is 0.407 e. The van der Waals surface area contributed by atoms with Crippen LogP contribution >= 0.6 is 11.6 Å². The zero-order valence-electron chi connectivity index (χ0n) is 16.7. The van der Waals surface area contributed by atoms with Crippen LogP contribution in [0.2, 0.25) is 5.15 Å². The molecular weight excluding hydrogens is 368 g/mol. The highest BCUT2D eigenvalue weighted by atomic mass is 35.5. The molecule has 1 saturated heterocycles. The minimum atomic E-state index is -0.958. The Balaban J connectivity index is 2.09. The number of halogens is 1. The predicted octanol–water partition coefficient (Wildman–Crippen LogP) is 3.62. The molecule has 8 heteroatoms. The zero-order valence-corrected chi connectivity index (χ0v) is 17.5. The lowest BCUT2D eigenvalue weighted by atomic mass is 9.54. The van der Waals surface area contributed by atoms with Crippen molar-refractivity contribution in [1.29, 1.82) is 0 Å². The molecule has 0 bridgehead atoms. The molecule has 1 aromatic heterocycles. The molecule has 0 spiro atoms. The average molecular weight is 397 g/mol. The summed E-state index contributed by atoms with van der Waals surface area (Å²) >= 11 is 6.38. The van der Waals surface area contributed by atoms with Gasteiger partial charge in [0, 0.05) is 13.6 Å². The van der Waals surface area contributed by atoms with Crippen molar-refractivity contribution in [1.82, 2.24) is 14.9 Å². The van der Waals surface area contributed by atoms with E-state index in [-0.39, 0.29) is 17.4 Å². The number of hydrogen-bond acceptors (Lipinski definition) is 5. The van der Waals surface area contributed by atoms with E-state index in [1.54, 1.807) is 13.1 Å². The van der Waals surface area contributed by atoms with Gasteiger partial charge in [-0.05, 0) is 37.2 Å². The van der Waals surface area contributed by atoms with Crippen LogP contribution in [0, 0.1) is 11.3 Å². The molecule has 2 fully saturated rings. The molecule has 1 aliphatic heterocycles. The third-order valence-corrected chi connectivity index (χ3v) is 6.27. The molecule has 1 aromatic rings. The molecular formula is C19H29ClN4O3. The number of carboxylic acid groups (broad SMARTS) is 1. The van der Waals surface area contributed by atoms with Gasteiger partial charge in [0.1, 0.15) is 5.15 Å². The molecule has 27 heavy (non-hydrogen) atoms. The summed E-state index contributed by atoms with van der Waals surface area (Å²) < 4.78 is 5.51. The van der Waals surface area contributed by atoms with Crippen LogP contribution in [0.25, 0.3) is 0 Å². The predicted molar refractivity (Wildman–Crippen MR) is 104 cm³/mol. The van der Waals surface area contributed by atoms with E-state index in [0.717, 1.165) is 12.8 Å². The molecule has 1 saturated carbocycles. The summed E-state index contributed by atoms with van der Waals surface area (Å²) in [5.41, 5.74) is -0.0699. The molecule has 7 nitrogen and oxygen atoms in total. The minimum absolute atomic E-state index is 0.0637. The van der Waals surface area contributed by atoms with Gasteiger partial charge in [0.25, 0.3) is 0 Å². The van der Waals surface area contributed by atoms with Crippen LogP contribution in [0.5, 0.6) is 0 Å². The molecule has 2 unspecified atom stereocenters. The summed E-state index contributed by atoms with van der Waals surface area (Å²) in [6.45, 7) is 10.4. The highest BCUT2D eigenvalue weighted by molar-refractivity contribution is 6.29. The van der Waals surface area contributed by atoms with Crippen molar-refractivity contribution in [3.63, 3.8) is 0 Å². The van der Waals surface area contributed by atoms with E-state index in [9.17, 15) is 9.90 Å². The number of morpholine rings is 1. The Morgan fingerprint density at radius 2 is 2.15 bits per heavy atom. The van der Waals surface area contributed by atoms with E-state index in [4.69, 9.17) is 21.3 Å². The lowest BCUT2D eigenvalue weighted by molar-refractivity contribution is -0.0770. The van der Waals surface area contributed by atoms with Crippen LogP contribution < -0.4 is 4.90 Å². The summed E-state index contributed by atoms with van der Waals surface area (Å²) in [5, 5.41) is 10.1. The fourth-order valence-corrected chi connectivity index (χ4v) is 4.72. The summed E-state index contributed by atoms with van der Waals surface area (Å²) in [4.78, 5) is 24.7. The van der Waals surface area contributed by atoms with Gasteiger partial charge in [0.05, 0.1) is 30.5 Å². The highest BCUT2D eigenvalue weighted by Crippen LogP contribution is 2.57. The molecule has 150 valence electrons.